The third-order valence-electron chi connectivity index (χ3n) is 7.07. The topological polar surface area (TPSA) is 87.0 Å². The Morgan fingerprint density at radius 1 is 1.00 bits per heavy atom. The number of halogens is 1. The maximum atomic E-state index is 14.0. The van der Waals surface area contributed by atoms with Gasteiger partial charge in [-0.05, 0) is 47.2 Å². The number of benzene rings is 2. The largest absolute Gasteiger partial charge is 0.339 e. The molecule has 8 nitrogen and oxygen atoms in total. The minimum absolute atomic E-state index is 0.0246. The molecule has 1 aromatic heterocycles. The van der Waals surface area contributed by atoms with E-state index in [4.69, 9.17) is 0 Å². The molecule has 2 aromatic carbocycles. The van der Waals surface area contributed by atoms with Crippen molar-refractivity contribution in [2.45, 2.75) is 18.9 Å². The molecule has 0 N–H and O–H groups in total. The Morgan fingerprint density at radius 3 is 2.51 bits per heavy atom. The van der Waals surface area contributed by atoms with E-state index in [1.807, 2.05) is 6.07 Å². The first-order chi connectivity index (χ1) is 17.9. The molecule has 0 radical (unpaired) electrons. The molecule has 5 rings (SSSR count). The van der Waals surface area contributed by atoms with E-state index in [2.05, 4.69) is 16.3 Å². The van der Waals surface area contributed by atoms with Gasteiger partial charge in [0.05, 0.1) is 11.0 Å². The highest BCUT2D eigenvalue weighted by atomic mass is 32.1. The molecule has 1 atom stereocenters. The molecule has 1 saturated heterocycles. The molecule has 2 aliphatic rings. The fourth-order valence-corrected chi connectivity index (χ4v) is 6.07. The number of rotatable bonds is 6. The maximum Gasteiger partial charge on any atom is 0.270 e. The van der Waals surface area contributed by atoms with Crippen LogP contribution in [0.25, 0.3) is 0 Å². The molecule has 3 aromatic rings. The molecule has 0 aliphatic carbocycles. The van der Waals surface area contributed by atoms with Crippen LogP contribution >= 0.6 is 11.3 Å². The number of nitrogens with zero attached hydrogens (tertiary/aromatic N) is 4. The Balaban J connectivity index is 1.19. The van der Waals surface area contributed by atoms with Crippen molar-refractivity contribution < 1.29 is 18.9 Å². The van der Waals surface area contributed by atoms with Crippen molar-refractivity contribution in [2.75, 3.05) is 39.3 Å². The van der Waals surface area contributed by atoms with Crippen LogP contribution in [0.3, 0.4) is 0 Å². The second-order valence-corrected chi connectivity index (χ2v) is 10.3. The number of amides is 2. The number of hydrogen-bond acceptors (Lipinski definition) is 6. The summed E-state index contributed by atoms with van der Waals surface area (Å²) < 4.78 is 14.0. The van der Waals surface area contributed by atoms with Crippen molar-refractivity contribution in [1.29, 1.82) is 0 Å². The van der Waals surface area contributed by atoms with Gasteiger partial charge in [0.2, 0.25) is 5.91 Å². The molecule has 1 fully saturated rings. The number of carbonyl (C=O) groups excluding carboxylic acids is 2. The summed E-state index contributed by atoms with van der Waals surface area (Å²) in [5, 5.41) is 13.1. The lowest BCUT2D eigenvalue weighted by Crippen LogP contribution is -2.51. The van der Waals surface area contributed by atoms with Crippen molar-refractivity contribution in [2.24, 2.45) is 0 Å². The third kappa shape index (κ3) is 5.40. The number of carbonyl (C=O) groups is 2. The first kappa shape index (κ1) is 25.0. The number of fused-ring (bicyclic) bond motifs is 1. The smallest absolute Gasteiger partial charge is 0.270 e. The monoisotopic (exact) mass is 522 g/mol. The van der Waals surface area contributed by atoms with Crippen molar-refractivity contribution >= 4 is 28.8 Å². The summed E-state index contributed by atoms with van der Waals surface area (Å²) in [7, 11) is 0. The Hall–Kier alpha value is -3.63. The minimum Gasteiger partial charge on any atom is -0.339 e. The van der Waals surface area contributed by atoms with Gasteiger partial charge in [0.25, 0.3) is 11.6 Å². The second-order valence-electron chi connectivity index (χ2n) is 9.27. The minimum atomic E-state index is -0.520. The van der Waals surface area contributed by atoms with Crippen molar-refractivity contribution in [3.05, 3.63) is 97.5 Å². The number of thiophene rings is 1. The Morgan fingerprint density at radius 2 is 1.76 bits per heavy atom. The van der Waals surface area contributed by atoms with E-state index < -0.39 is 4.92 Å². The fourth-order valence-electron chi connectivity index (χ4n) is 5.17. The standard InChI is InChI=1S/C27H27FN4O4S/c28-21-5-1-3-19(17-21)26-23-9-16-37-24(23)7-10-30(26)11-8-25(33)29-12-14-31(15-13-29)27(34)20-4-2-6-22(18-20)32(35)36/h1-6,9,16-18,26H,7-8,10-15H2/t26-/m1/s1. The van der Waals surface area contributed by atoms with E-state index in [-0.39, 0.29) is 34.9 Å². The average Bonchev–Trinajstić information content (AvgIpc) is 3.40. The lowest BCUT2D eigenvalue weighted by Gasteiger charge is -2.38. The van der Waals surface area contributed by atoms with Crippen LogP contribution in [-0.4, -0.2) is 70.7 Å². The highest BCUT2D eigenvalue weighted by Crippen LogP contribution is 2.38. The van der Waals surface area contributed by atoms with Crippen LogP contribution in [0.1, 0.15) is 38.8 Å². The molecule has 10 heteroatoms. The van der Waals surface area contributed by atoms with E-state index in [9.17, 15) is 24.1 Å². The van der Waals surface area contributed by atoms with Crippen LogP contribution in [0.2, 0.25) is 0 Å². The van der Waals surface area contributed by atoms with Gasteiger partial charge in [-0.1, -0.05) is 18.2 Å². The van der Waals surface area contributed by atoms with E-state index in [0.29, 0.717) is 39.1 Å². The molecular formula is C27H27FN4O4S. The number of nitro groups is 1. The summed E-state index contributed by atoms with van der Waals surface area (Å²) >= 11 is 1.72. The summed E-state index contributed by atoms with van der Waals surface area (Å²) in [6.45, 7) is 2.95. The van der Waals surface area contributed by atoms with Gasteiger partial charge >= 0.3 is 0 Å². The van der Waals surface area contributed by atoms with Gasteiger partial charge < -0.3 is 9.80 Å². The van der Waals surface area contributed by atoms with E-state index in [1.54, 1.807) is 39.3 Å². The van der Waals surface area contributed by atoms with Gasteiger partial charge in [-0.2, -0.15) is 0 Å². The zero-order chi connectivity index (χ0) is 25.9. The first-order valence-electron chi connectivity index (χ1n) is 12.3. The Labute approximate surface area is 218 Å². The van der Waals surface area contributed by atoms with Gasteiger partial charge in [-0.3, -0.25) is 24.6 Å². The summed E-state index contributed by atoms with van der Waals surface area (Å²) in [5.41, 5.74) is 2.22. The number of non-ortho nitro benzene ring substituents is 1. The van der Waals surface area contributed by atoms with Crippen molar-refractivity contribution in [3.63, 3.8) is 0 Å². The van der Waals surface area contributed by atoms with Crippen LogP contribution in [0.15, 0.2) is 60.0 Å². The zero-order valence-corrected chi connectivity index (χ0v) is 21.0. The van der Waals surface area contributed by atoms with Crippen LogP contribution in [0, 0.1) is 15.9 Å². The molecule has 37 heavy (non-hydrogen) atoms. The number of piperazine rings is 1. The van der Waals surface area contributed by atoms with Crippen LogP contribution < -0.4 is 0 Å². The highest BCUT2D eigenvalue weighted by Gasteiger charge is 2.31. The van der Waals surface area contributed by atoms with Gasteiger partial charge in [0.1, 0.15) is 5.82 Å². The van der Waals surface area contributed by atoms with Crippen LogP contribution in [0.5, 0.6) is 0 Å². The maximum absolute atomic E-state index is 14.0. The van der Waals surface area contributed by atoms with Gasteiger partial charge in [-0.25, -0.2) is 4.39 Å². The first-order valence-corrected chi connectivity index (χ1v) is 13.2. The Kier molecular flexibility index (Phi) is 7.29. The average molecular weight is 523 g/mol. The predicted octanol–water partition coefficient (Wildman–Crippen LogP) is 4.12. The molecule has 0 spiro atoms. The zero-order valence-electron chi connectivity index (χ0n) is 20.2. The molecular weight excluding hydrogens is 495 g/mol. The highest BCUT2D eigenvalue weighted by molar-refractivity contribution is 7.10. The van der Waals surface area contributed by atoms with Gasteiger partial charge in [-0.15, -0.1) is 11.3 Å². The Bertz CT molecular complexity index is 1320. The molecule has 0 unspecified atom stereocenters. The van der Waals surface area contributed by atoms with E-state index in [0.717, 1.165) is 18.5 Å². The molecule has 0 saturated carbocycles. The summed E-state index contributed by atoms with van der Waals surface area (Å²) in [6, 6.07) is 14.4. The van der Waals surface area contributed by atoms with Crippen LogP contribution in [-0.2, 0) is 11.2 Å². The third-order valence-corrected chi connectivity index (χ3v) is 8.06. The number of hydrogen-bond donors (Lipinski definition) is 0. The second kappa shape index (κ2) is 10.8. The summed E-state index contributed by atoms with van der Waals surface area (Å²) in [6.07, 6.45) is 1.25. The van der Waals surface area contributed by atoms with E-state index >= 15 is 0 Å². The fraction of sp³-hybridized carbons (Fsp3) is 0.333. The number of nitro benzene ring substituents is 1. The van der Waals surface area contributed by atoms with E-state index in [1.165, 1.54) is 34.7 Å². The molecule has 192 valence electrons. The normalized spacial score (nSPS) is 17.9. The lowest BCUT2D eigenvalue weighted by atomic mass is 9.93. The van der Waals surface area contributed by atoms with Gasteiger partial charge in [0, 0.05) is 68.3 Å². The predicted molar refractivity (Wildman–Crippen MR) is 138 cm³/mol. The summed E-state index contributed by atoms with van der Waals surface area (Å²) in [4.78, 5) is 43.4. The lowest BCUT2D eigenvalue weighted by molar-refractivity contribution is -0.384. The van der Waals surface area contributed by atoms with Crippen LogP contribution in [0.4, 0.5) is 10.1 Å². The van der Waals surface area contributed by atoms with Gasteiger partial charge in [0.15, 0.2) is 0 Å². The SMILES string of the molecule is O=C(CCN1CCc2sccc2[C@H]1c1cccc(F)c1)N1CCN(C(=O)c2cccc([N+](=O)[O-])c2)CC1. The quantitative estimate of drug-likeness (QED) is 0.359. The molecule has 0 bridgehead atoms. The van der Waals surface area contributed by atoms with Crippen molar-refractivity contribution in [3.8, 4) is 0 Å². The summed E-state index contributed by atoms with van der Waals surface area (Å²) in [5.74, 6) is -0.515. The molecule has 3 heterocycles. The molecule has 2 aliphatic heterocycles. The van der Waals surface area contributed by atoms with Crippen molar-refractivity contribution in [1.82, 2.24) is 14.7 Å². The molecule has 2 amide bonds.